The van der Waals surface area contributed by atoms with Crippen LogP contribution in [-0.4, -0.2) is 50.0 Å². The molecule has 1 saturated carbocycles. The second-order valence-electron chi connectivity index (χ2n) is 11.0. The van der Waals surface area contributed by atoms with E-state index in [4.69, 9.17) is 0 Å². The van der Waals surface area contributed by atoms with Gasteiger partial charge in [0.2, 0.25) is 21.8 Å². The molecule has 0 spiro atoms. The van der Waals surface area contributed by atoms with Gasteiger partial charge in [0.15, 0.2) is 0 Å². The number of benzene rings is 3. The first kappa shape index (κ1) is 31.2. The predicted octanol–water partition coefficient (Wildman–Crippen LogP) is 5.38. The molecule has 7 nitrogen and oxygen atoms in total. The van der Waals surface area contributed by atoms with Crippen LogP contribution < -0.4 is 9.62 Å². The van der Waals surface area contributed by atoms with Gasteiger partial charge in [-0.1, -0.05) is 79.6 Å². The zero-order valence-electron chi connectivity index (χ0n) is 24.3. The number of halogens is 1. The highest BCUT2D eigenvalue weighted by Gasteiger charge is 2.32. The van der Waals surface area contributed by atoms with Crippen molar-refractivity contribution in [2.75, 3.05) is 17.1 Å². The molecule has 0 aromatic heterocycles. The van der Waals surface area contributed by atoms with Crippen molar-refractivity contribution >= 4 is 27.5 Å². The molecule has 1 aliphatic carbocycles. The van der Waals surface area contributed by atoms with Crippen LogP contribution in [0.3, 0.4) is 0 Å². The van der Waals surface area contributed by atoms with Crippen LogP contribution in [0.25, 0.3) is 0 Å². The van der Waals surface area contributed by atoms with Crippen molar-refractivity contribution in [2.45, 2.75) is 70.5 Å². The topological polar surface area (TPSA) is 86.8 Å². The van der Waals surface area contributed by atoms with E-state index in [2.05, 4.69) is 5.32 Å². The van der Waals surface area contributed by atoms with Gasteiger partial charge in [-0.3, -0.25) is 13.9 Å². The number of anilines is 1. The summed E-state index contributed by atoms with van der Waals surface area (Å²) < 4.78 is 41.5. The number of rotatable bonds is 13. The largest absolute Gasteiger partial charge is 0.352 e. The Bertz CT molecular complexity index is 1460. The second-order valence-corrected chi connectivity index (χ2v) is 12.9. The van der Waals surface area contributed by atoms with Gasteiger partial charge in [0.25, 0.3) is 0 Å². The van der Waals surface area contributed by atoms with Gasteiger partial charge in [0.05, 0.1) is 11.9 Å². The molecule has 4 rings (SSSR count). The van der Waals surface area contributed by atoms with Crippen molar-refractivity contribution in [3.8, 4) is 0 Å². The number of nitrogens with one attached hydrogen (secondary N) is 1. The molecule has 1 atom stereocenters. The summed E-state index contributed by atoms with van der Waals surface area (Å²) in [6.07, 6.45) is 5.53. The lowest BCUT2D eigenvalue weighted by Gasteiger charge is -2.33. The Hall–Kier alpha value is -3.72. The van der Waals surface area contributed by atoms with Crippen LogP contribution in [0.15, 0.2) is 78.9 Å². The maximum atomic E-state index is 14.8. The van der Waals surface area contributed by atoms with E-state index in [0.717, 1.165) is 43.1 Å². The third-order valence-corrected chi connectivity index (χ3v) is 8.99. The Labute approximate surface area is 248 Å². The van der Waals surface area contributed by atoms with Gasteiger partial charge < -0.3 is 10.2 Å². The number of hydrogen-bond donors (Lipinski definition) is 1. The highest BCUT2D eigenvalue weighted by molar-refractivity contribution is 7.92. The monoisotopic (exact) mass is 593 g/mol. The number of nitrogens with zero attached hydrogens (tertiary/aromatic N) is 2. The third kappa shape index (κ3) is 8.41. The van der Waals surface area contributed by atoms with Crippen molar-refractivity contribution in [1.29, 1.82) is 0 Å². The summed E-state index contributed by atoms with van der Waals surface area (Å²) >= 11 is 0. The molecule has 1 N–H and O–H groups in total. The Kier molecular flexibility index (Phi) is 10.7. The van der Waals surface area contributed by atoms with Crippen LogP contribution in [0.4, 0.5) is 10.1 Å². The summed E-state index contributed by atoms with van der Waals surface area (Å²) in [5.41, 5.74) is 2.57. The molecule has 0 unspecified atom stereocenters. The van der Waals surface area contributed by atoms with Gasteiger partial charge in [-0.2, -0.15) is 0 Å². The van der Waals surface area contributed by atoms with E-state index >= 15 is 0 Å². The first-order valence-electron chi connectivity index (χ1n) is 14.5. The van der Waals surface area contributed by atoms with Crippen LogP contribution in [-0.2, 0) is 32.6 Å². The zero-order chi connectivity index (χ0) is 30.1. The van der Waals surface area contributed by atoms with Gasteiger partial charge >= 0.3 is 0 Å². The molecule has 1 fully saturated rings. The maximum absolute atomic E-state index is 14.8. The summed E-state index contributed by atoms with van der Waals surface area (Å²) in [6.45, 7) is 1.86. The van der Waals surface area contributed by atoms with E-state index in [1.807, 2.05) is 49.4 Å². The van der Waals surface area contributed by atoms with E-state index in [1.165, 1.54) is 15.3 Å². The van der Waals surface area contributed by atoms with Gasteiger partial charge in [-0.15, -0.1) is 0 Å². The molecule has 3 aromatic carbocycles. The molecule has 0 aliphatic heterocycles. The summed E-state index contributed by atoms with van der Waals surface area (Å²) in [7, 11) is -3.60. The fourth-order valence-corrected chi connectivity index (χ4v) is 6.58. The fourth-order valence-electron chi connectivity index (χ4n) is 5.56. The standard InChI is InChI=1S/C33H40FN3O4S/c1-25-13-6-11-20-30(25)37(42(2,40)41)22-12-21-32(38)36(24-27-16-7-10-19-29(27)34)31(23-26-14-4-3-5-15-26)33(39)35-28-17-8-9-18-28/h3-7,10-11,13-16,19-20,28,31H,8-9,12,17-18,21-24H2,1-2H3,(H,35,39)/t31-/m1/s1. The smallest absolute Gasteiger partial charge is 0.243 e. The third-order valence-electron chi connectivity index (χ3n) is 7.81. The lowest BCUT2D eigenvalue weighted by atomic mass is 10.0. The Balaban J connectivity index is 1.60. The normalized spacial score (nSPS) is 14.4. The summed E-state index contributed by atoms with van der Waals surface area (Å²) in [4.78, 5) is 29.2. The molecule has 1 aliphatic rings. The molecule has 2 amide bonds. The highest BCUT2D eigenvalue weighted by atomic mass is 32.2. The summed E-state index contributed by atoms with van der Waals surface area (Å²) in [5.74, 6) is -1.04. The fraction of sp³-hybridized carbons (Fsp3) is 0.394. The average molecular weight is 594 g/mol. The second kappa shape index (κ2) is 14.4. The molecule has 42 heavy (non-hydrogen) atoms. The van der Waals surface area contributed by atoms with Gasteiger partial charge in [-0.05, 0) is 49.4 Å². The Morgan fingerprint density at radius 1 is 0.952 bits per heavy atom. The van der Waals surface area contributed by atoms with Gasteiger partial charge in [0, 0.05) is 37.5 Å². The number of sulfonamides is 1. The molecule has 9 heteroatoms. The maximum Gasteiger partial charge on any atom is 0.243 e. The van der Waals surface area contributed by atoms with Gasteiger partial charge in [-0.25, -0.2) is 12.8 Å². The highest BCUT2D eigenvalue weighted by Crippen LogP contribution is 2.24. The summed E-state index contributed by atoms with van der Waals surface area (Å²) in [5, 5.41) is 3.14. The van der Waals surface area contributed by atoms with Crippen molar-refractivity contribution in [3.05, 3.63) is 101 Å². The number of para-hydroxylation sites is 1. The van der Waals surface area contributed by atoms with Crippen molar-refractivity contribution in [3.63, 3.8) is 0 Å². The van der Waals surface area contributed by atoms with E-state index in [9.17, 15) is 22.4 Å². The lowest BCUT2D eigenvalue weighted by Crippen LogP contribution is -2.52. The lowest BCUT2D eigenvalue weighted by molar-refractivity contribution is -0.141. The van der Waals surface area contributed by atoms with Crippen molar-refractivity contribution in [2.24, 2.45) is 0 Å². The van der Waals surface area contributed by atoms with E-state index in [1.54, 1.807) is 30.3 Å². The molecule has 3 aromatic rings. The van der Waals surface area contributed by atoms with Crippen molar-refractivity contribution in [1.82, 2.24) is 10.2 Å². The molecule has 0 saturated heterocycles. The minimum Gasteiger partial charge on any atom is -0.352 e. The predicted molar refractivity (Wildman–Crippen MR) is 164 cm³/mol. The number of aryl methyl sites for hydroxylation is 1. The summed E-state index contributed by atoms with van der Waals surface area (Å²) in [6, 6.07) is 22.1. The van der Waals surface area contributed by atoms with E-state index in [-0.39, 0.29) is 50.2 Å². The molecule has 0 heterocycles. The molecule has 0 radical (unpaired) electrons. The number of carbonyl (C=O) groups excluding carboxylic acids is 2. The van der Waals surface area contributed by atoms with Crippen LogP contribution in [0.2, 0.25) is 0 Å². The Morgan fingerprint density at radius 2 is 1.60 bits per heavy atom. The molecule has 224 valence electrons. The first-order chi connectivity index (χ1) is 20.1. The van der Waals surface area contributed by atoms with Crippen molar-refractivity contribution < 1.29 is 22.4 Å². The first-order valence-corrected chi connectivity index (χ1v) is 16.4. The number of hydrogen-bond acceptors (Lipinski definition) is 4. The Morgan fingerprint density at radius 3 is 2.26 bits per heavy atom. The number of amides is 2. The number of carbonyl (C=O) groups is 2. The molecule has 0 bridgehead atoms. The van der Waals surface area contributed by atoms with Crippen LogP contribution >= 0.6 is 0 Å². The molecular weight excluding hydrogens is 553 g/mol. The zero-order valence-corrected chi connectivity index (χ0v) is 25.2. The van der Waals surface area contributed by atoms with Gasteiger partial charge in [0.1, 0.15) is 11.9 Å². The minimum atomic E-state index is -3.60. The van der Waals surface area contributed by atoms with E-state index in [0.29, 0.717) is 11.3 Å². The van der Waals surface area contributed by atoms with Crippen LogP contribution in [0.1, 0.15) is 55.2 Å². The van der Waals surface area contributed by atoms with Crippen LogP contribution in [0.5, 0.6) is 0 Å². The average Bonchev–Trinajstić information content (AvgIpc) is 3.47. The van der Waals surface area contributed by atoms with Crippen LogP contribution in [0, 0.1) is 12.7 Å². The SMILES string of the molecule is Cc1ccccc1N(CCCC(=O)N(Cc1ccccc1F)[C@H](Cc1ccccc1)C(=O)NC1CCCC1)S(C)(=O)=O. The van der Waals surface area contributed by atoms with E-state index < -0.39 is 21.9 Å². The molecular formula is C33H40FN3O4S. The quantitative estimate of drug-likeness (QED) is 0.288. The minimum absolute atomic E-state index is 0.00560.